The number of aliphatic hydroxyl groups is 2. The number of rotatable bonds is 6. The molecule has 0 spiro atoms. The van der Waals surface area contributed by atoms with Crippen molar-refractivity contribution in [1.82, 2.24) is 0 Å². The number of hydrogen-bond donors (Lipinski definition) is 2. The van der Waals surface area contributed by atoms with Gasteiger partial charge in [0.2, 0.25) is 0 Å². The summed E-state index contributed by atoms with van der Waals surface area (Å²) in [6.07, 6.45) is 0. The number of ether oxygens (including phenoxy) is 2. The van der Waals surface area contributed by atoms with Gasteiger partial charge < -0.3 is 19.7 Å². The molecule has 24 heavy (non-hydrogen) atoms. The van der Waals surface area contributed by atoms with E-state index >= 15 is 0 Å². The summed E-state index contributed by atoms with van der Waals surface area (Å²) in [5.41, 5.74) is -0.254. The van der Waals surface area contributed by atoms with Crippen LogP contribution in [0.25, 0.3) is 21.1 Å². The highest BCUT2D eigenvalue weighted by atomic mass is 16.5. The molecule has 0 atom stereocenters. The van der Waals surface area contributed by atoms with E-state index in [2.05, 4.69) is 9.69 Å². The molecular formula is C16H12N4O4. The van der Waals surface area contributed by atoms with Gasteiger partial charge in [-0.15, -0.1) is 0 Å². The van der Waals surface area contributed by atoms with Gasteiger partial charge in [0, 0.05) is 5.22 Å². The average Bonchev–Trinajstić information content (AvgIpc) is 2.61. The zero-order valence-corrected chi connectivity index (χ0v) is 12.5. The van der Waals surface area contributed by atoms with Crippen molar-refractivity contribution in [2.24, 2.45) is 0 Å². The Bertz CT molecular complexity index is 787. The number of aliphatic hydroxyl groups excluding tert-OH is 2. The minimum Gasteiger partial charge on any atom is -0.492 e. The normalized spacial score (nSPS) is 8.92. The molecule has 0 amide bonds. The van der Waals surface area contributed by atoms with Crippen LogP contribution in [0.2, 0.25) is 0 Å². The van der Waals surface area contributed by atoms with Crippen LogP contribution >= 0.6 is 0 Å². The summed E-state index contributed by atoms with van der Waals surface area (Å²) < 4.78 is 10.6. The summed E-state index contributed by atoms with van der Waals surface area (Å²) in [6.45, 7) is 13.3. The van der Waals surface area contributed by atoms with Gasteiger partial charge in [0.15, 0.2) is 0 Å². The molecule has 0 radical (unpaired) electrons. The largest absolute Gasteiger partial charge is 0.530 e. The fourth-order valence-corrected chi connectivity index (χ4v) is 1.77. The summed E-state index contributed by atoms with van der Waals surface area (Å²) in [4.78, 5) is 6.22. The van der Waals surface area contributed by atoms with Gasteiger partial charge in [0.05, 0.1) is 13.2 Å². The summed E-state index contributed by atoms with van der Waals surface area (Å²) in [7, 11) is 0. The van der Waals surface area contributed by atoms with Gasteiger partial charge in [-0.3, -0.25) is 0 Å². The molecule has 1 rings (SSSR count). The van der Waals surface area contributed by atoms with E-state index < -0.39 is 0 Å². The number of nitrogens with zero attached hydrogens (tertiary/aromatic N) is 4. The SMILES string of the molecule is [C-]#[N+]C([N+]#[C-])=c1cc(OCCO)c(=C(C#N)C#N)cc1OCCO. The van der Waals surface area contributed by atoms with E-state index in [0.29, 0.717) is 0 Å². The first-order valence-electron chi connectivity index (χ1n) is 6.61. The summed E-state index contributed by atoms with van der Waals surface area (Å²) in [5.74, 6) is -0.155. The molecule has 1 aromatic rings. The first kappa shape index (κ1) is 18.5. The molecule has 8 heteroatoms. The van der Waals surface area contributed by atoms with Crippen molar-refractivity contribution >= 4 is 11.4 Å². The van der Waals surface area contributed by atoms with E-state index in [9.17, 15) is 0 Å². The lowest BCUT2D eigenvalue weighted by molar-refractivity contribution is 0.196. The van der Waals surface area contributed by atoms with Gasteiger partial charge in [0.25, 0.3) is 0 Å². The monoisotopic (exact) mass is 324 g/mol. The predicted molar refractivity (Wildman–Crippen MR) is 82.1 cm³/mol. The Balaban J connectivity index is 3.89. The van der Waals surface area contributed by atoms with E-state index in [0.717, 1.165) is 0 Å². The standard InChI is InChI=1S/C16H12N4O4/c1-19-16(20-2)13-8-14(23-5-3-21)12(11(9-17)10-18)7-15(13)24-6-4-22/h7-8,21-22H,3-6H2. The molecule has 0 bridgehead atoms. The van der Waals surface area contributed by atoms with Crippen LogP contribution in [0, 0.1) is 35.8 Å². The van der Waals surface area contributed by atoms with Crippen LogP contribution in [0.15, 0.2) is 12.1 Å². The van der Waals surface area contributed by atoms with E-state index in [-0.39, 0.29) is 59.8 Å². The topological polar surface area (TPSA) is 115 Å². The van der Waals surface area contributed by atoms with Crippen molar-refractivity contribution in [3.63, 3.8) is 0 Å². The maximum atomic E-state index is 9.07. The fraction of sp³-hybridized carbons (Fsp3) is 0.250. The van der Waals surface area contributed by atoms with Gasteiger partial charge in [0.1, 0.15) is 60.8 Å². The molecular weight excluding hydrogens is 312 g/mol. The van der Waals surface area contributed by atoms with E-state index in [4.69, 9.17) is 43.4 Å². The molecule has 1 aromatic carbocycles. The summed E-state index contributed by atoms with van der Waals surface area (Å²) >= 11 is 0. The Kier molecular flexibility index (Phi) is 7.28. The third kappa shape index (κ3) is 4.22. The molecule has 0 fully saturated rings. The van der Waals surface area contributed by atoms with Gasteiger partial charge in [-0.1, -0.05) is 0 Å². The van der Waals surface area contributed by atoms with Crippen LogP contribution in [0.3, 0.4) is 0 Å². The minimum atomic E-state index is -0.297. The molecule has 0 aliphatic rings. The van der Waals surface area contributed by atoms with Crippen LogP contribution in [0.5, 0.6) is 11.5 Å². The molecule has 2 N–H and O–H groups in total. The molecule has 0 heterocycles. The third-order valence-corrected chi connectivity index (χ3v) is 2.73. The maximum absolute atomic E-state index is 9.07. The van der Waals surface area contributed by atoms with E-state index in [1.807, 2.05) is 0 Å². The predicted octanol–water partition coefficient (Wildman–Crippen LogP) is -0.469. The first-order chi connectivity index (χ1) is 11.7. The molecule has 0 saturated carbocycles. The molecule has 0 unspecified atom stereocenters. The van der Waals surface area contributed by atoms with Crippen molar-refractivity contribution < 1.29 is 19.7 Å². The molecule has 0 saturated heterocycles. The second kappa shape index (κ2) is 9.46. The zero-order chi connectivity index (χ0) is 17.9. The lowest BCUT2D eigenvalue weighted by Crippen LogP contribution is -2.21. The smallest absolute Gasteiger partial charge is 0.492 e. The van der Waals surface area contributed by atoms with Crippen molar-refractivity contribution in [3.05, 3.63) is 45.4 Å². The molecule has 0 aliphatic heterocycles. The Hall–Kier alpha value is -3.56. The van der Waals surface area contributed by atoms with Gasteiger partial charge >= 0.3 is 5.82 Å². The lowest BCUT2D eigenvalue weighted by atomic mass is 10.1. The zero-order valence-electron chi connectivity index (χ0n) is 12.5. The maximum Gasteiger partial charge on any atom is 0.530 e. The van der Waals surface area contributed by atoms with Crippen LogP contribution in [0.1, 0.15) is 0 Å². The molecule has 0 aromatic heterocycles. The molecule has 8 nitrogen and oxygen atoms in total. The quantitative estimate of drug-likeness (QED) is 0.684. The Labute approximate surface area is 138 Å². The highest BCUT2D eigenvalue weighted by Crippen LogP contribution is 2.12. The van der Waals surface area contributed by atoms with Crippen molar-refractivity contribution in [2.75, 3.05) is 26.4 Å². The average molecular weight is 324 g/mol. The van der Waals surface area contributed by atoms with Crippen LogP contribution in [-0.2, 0) is 0 Å². The highest BCUT2D eigenvalue weighted by Gasteiger charge is 2.15. The number of nitriles is 2. The fourth-order valence-electron chi connectivity index (χ4n) is 1.77. The van der Waals surface area contributed by atoms with Gasteiger partial charge in [-0.2, -0.15) is 20.2 Å². The number of benzene rings is 1. The third-order valence-electron chi connectivity index (χ3n) is 2.73. The number of hydrogen-bond acceptors (Lipinski definition) is 6. The van der Waals surface area contributed by atoms with Crippen molar-refractivity contribution in [3.8, 4) is 23.6 Å². The first-order valence-corrected chi connectivity index (χ1v) is 6.61. The van der Waals surface area contributed by atoms with E-state index in [1.54, 1.807) is 12.1 Å². The van der Waals surface area contributed by atoms with Gasteiger partial charge in [-0.25, -0.2) is 0 Å². The van der Waals surface area contributed by atoms with Crippen LogP contribution in [0.4, 0.5) is 0 Å². The van der Waals surface area contributed by atoms with E-state index in [1.165, 1.54) is 12.1 Å². The Morgan fingerprint density at radius 3 is 1.83 bits per heavy atom. The summed E-state index contributed by atoms with van der Waals surface area (Å²) in [5, 5.41) is 36.2. The van der Waals surface area contributed by atoms with Crippen molar-refractivity contribution in [2.45, 2.75) is 0 Å². The van der Waals surface area contributed by atoms with Gasteiger partial charge in [-0.05, 0) is 12.1 Å². The highest BCUT2D eigenvalue weighted by molar-refractivity contribution is 5.75. The molecule has 120 valence electrons. The summed E-state index contributed by atoms with van der Waals surface area (Å²) in [6, 6.07) is 6.06. The van der Waals surface area contributed by atoms with Crippen LogP contribution in [-0.4, -0.2) is 36.6 Å². The second-order valence-electron chi connectivity index (χ2n) is 4.13. The molecule has 0 aliphatic carbocycles. The van der Waals surface area contributed by atoms with Crippen LogP contribution < -0.4 is 19.9 Å². The minimum absolute atomic E-state index is 0.0679. The Morgan fingerprint density at radius 2 is 1.42 bits per heavy atom. The lowest BCUT2D eigenvalue weighted by Gasteiger charge is -2.09. The Morgan fingerprint density at radius 1 is 0.958 bits per heavy atom. The second-order valence-corrected chi connectivity index (χ2v) is 4.13. The van der Waals surface area contributed by atoms with Crippen molar-refractivity contribution in [1.29, 1.82) is 10.5 Å².